The van der Waals surface area contributed by atoms with E-state index in [-0.39, 0.29) is 15.7 Å². The number of sulfonamides is 1. The minimum absolute atomic E-state index is 0.0176. The molecule has 0 aliphatic rings. The summed E-state index contributed by atoms with van der Waals surface area (Å²) in [7, 11) is -3.50. The van der Waals surface area contributed by atoms with Gasteiger partial charge in [-0.25, -0.2) is 13.1 Å². The predicted octanol–water partition coefficient (Wildman–Crippen LogP) is 1.34. The Hall–Kier alpha value is -0.780. The molecule has 0 bridgehead atoms. The van der Waals surface area contributed by atoms with E-state index < -0.39 is 10.0 Å². The molecule has 0 aliphatic heterocycles. The molecule has 0 heterocycles. The third kappa shape index (κ3) is 2.37. The largest absolute Gasteiger partial charge is 0.506 e. The van der Waals surface area contributed by atoms with Crippen LogP contribution >= 0.6 is 11.6 Å². The Kier molecular flexibility index (Phi) is 3.36. The Labute approximate surface area is 87.6 Å². The van der Waals surface area contributed by atoms with E-state index >= 15 is 0 Å². The lowest BCUT2D eigenvalue weighted by atomic mass is 10.3. The first-order valence-electron chi connectivity index (χ1n) is 3.95. The van der Waals surface area contributed by atoms with Crippen molar-refractivity contribution >= 4 is 21.6 Å². The average Bonchev–Trinajstić information content (AvgIpc) is 2.09. The van der Waals surface area contributed by atoms with Crippen molar-refractivity contribution in [3.63, 3.8) is 0 Å². The SMILES string of the molecule is CCNS(=O)(=O)c1ccc(O)c(Cl)c1. The van der Waals surface area contributed by atoms with Crippen LogP contribution in [0.4, 0.5) is 0 Å². The smallest absolute Gasteiger partial charge is 0.240 e. The second-order valence-electron chi connectivity index (χ2n) is 2.61. The fourth-order valence-corrected chi connectivity index (χ4v) is 2.24. The highest BCUT2D eigenvalue weighted by Gasteiger charge is 2.13. The van der Waals surface area contributed by atoms with Gasteiger partial charge in [0.25, 0.3) is 0 Å². The van der Waals surface area contributed by atoms with Gasteiger partial charge in [-0.05, 0) is 18.2 Å². The van der Waals surface area contributed by atoms with Gasteiger partial charge in [0.15, 0.2) is 0 Å². The third-order valence-electron chi connectivity index (χ3n) is 1.56. The van der Waals surface area contributed by atoms with Crippen molar-refractivity contribution < 1.29 is 13.5 Å². The minimum Gasteiger partial charge on any atom is -0.506 e. The number of hydrogen-bond donors (Lipinski definition) is 2. The molecular weight excluding hydrogens is 226 g/mol. The zero-order valence-corrected chi connectivity index (χ0v) is 9.06. The van der Waals surface area contributed by atoms with Crippen LogP contribution in [0.2, 0.25) is 5.02 Å². The molecule has 1 aromatic rings. The summed E-state index contributed by atoms with van der Waals surface area (Å²) < 4.78 is 25.2. The zero-order chi connectivity index (χ0) is 10.8. The molecule has 78 valence electrons. The topological polar surface area (TPSA) is 66.4 Å². The Balaban J connectivity index is 3.15. The van der Waals surface area contributed by atoms with Crippen LogP contribution in [0.25, 0.3) is 0 Å². The molecular formula is C8H10ClNO3S. The summed E-state index contributed by atoms with van der Waals surface area (Å²) in [6, 6.07) is 3.74. The summed E-state index contributed by atoms with van der Waals surface area (Å²) in [5.41, 5.74) is 0. The number of phenolic OH excluding ortho intramolecular Hbond substituents is 1. The van der Waals surface area contributed by atoms with Crippen molar-refractivity contribution in [2.75, 3.05) is 6.54 Å². The number of aromatic hydroxyl groups is 1. The molecule has 0 aromatic heterocycles. The number of benzene rings is 1. The van der Waals surface area contributed by atoms with E-state index in [0.29, 0.717) is 6.54 Å². The maximum absolute atomic E-state index is 11.4. The van der Waals surface area contributed by atoms with Crippen LogP contribution in [0, 0.1) is 0 Å². The lowest BCUT2D eigenvalue weighted by molar-refractivity contribution is 0.475. The van der Waals surface area contributed by atoms with Gasteiger partial charge in [0.05, 0.1) is 9.92 Å². The number of halogens is 1. The number of rotatable bonds is 3. The Morgan fingerprint density at radius 2 is 2.14 bits per heavy atom. The number of nitrogens with one attached hydrogen (secondary N) is 1. The van der Waals surface area contributed by atoms with Crippen LogP contribution in [0.3, 0.4) is 0 Å². The molecule has 0 atom stereocenters. The van der Waals surface area contributed by atoms with E-state index in [2.05, 4.69) is 4.72 Å². The summed E-state index contributed by atoms with van der Waals surface area (Å²) in [4.78, 5) is 0.0437. The summed E-state index contributed by atoms with van der Waals surface area (Å²) in [6.45, 7) is 1.99. The van der Waals surface area contributed by atoms with Crippen molar-refractivity contribution in [3.05, 3.63) is 23.2 Å². The van der Waals surface area contributed by atoms with Gasteiger partial charge in [-0.1, -0.05) is 18.5 Å². The van der Waals surface area contributed by atoms with Crippen LogP contribution in [-0.4, -0.2) is 20.1 Å². The third-order valence-corrected chi connectivity index (χ3v) is 3.41. The maximum atomic E-state index is 11.4. The van der Waals surface area contributed by atoms with E-state index in [1.807, 2.05) is 0 Å². The highest BCUT2D eigenvalue weighted by Crippen LogP contribution is 2.25. The molecule has 0 saturated heterocycles. The fourth-order valence-electron chi connectivity index (χ4n) is 0.928. The molecule has 14 heavy (non-hydrogen) atoms. The quantitative estimate of drug-likeness (QED) is 0.831. The first kappa shape index (κ1) is 11.3. The van der Waals surface area contributed by atoms with Crippen molar-refractivity contribution in [1.82, 2.24) is 4.72 Å². The molecule has 0 saturated carbocycles. The van der Waals surface area contributed by atoms with E-state index in [4.69, 9.17) is 16.7 Å². The molecule has 2 N–H and O–H groups in total. The molecule has 6 heteroatoms. The molecule has 0 fully saturated rings. The Bertz CT molecular complexity index is 430. The molecule has 0 radical (unpaired) electrons. The summed E-state index contributed by atoms with van der Waals surface area (Å²) in [5.74, 6) is -0.137. The second kappa shape index (κ2) is 4.16. The average molecular weight is 236 g/mol. The van der Waals surface area contributed by atoms with Crippen LogP contribution in [0.1, 0.15) is 6.92 Å². The van der Waals surface area contributed by atoms with Crippen molar-refractivity contribution in [2.24, 2.45) is 0 Å². The van der Waals surface area contributed by atoms with Gasteiger partial charge in [-0.3, -0.25) is 0 Å². The van der Waals surface area contributed by atoms with Gasteiger partial charge in [0, 0.05) is 6.54 Å². The summed E-state index contributed by atoms with van der Waals surface area (Å²) >= 11 is 5.58. The van der Waals surface area contributed by atoms with Gasteiger partial charge in [0.1, 0.15) is 5.75 Å². The van der Waals surface area contributed by atoms with Crippen molar-refractivity contribution in [1.29, 1.82) is 0 Å². The molecule has 0 aliphatic carbocycles. The van der Waals surface area contributed by atoms with Gasteiger partial charge < -0.3 is 5.11 Å². The van der Waals surface area contributed by atoms with Gasteiger partial charge in [0.2, 0.25) is 10.0 Å². The molecule has 1 aromatic carbocycles. The van der Waals surface area contributed by atoms with Crippen LogP contribution in [0.15, 0.2) is 23.1 Å². The second-order valence-corrected chi connectivity index (χ2v) is 4.79. The maximum Gasteiger partial charge on any atom is 0.240 e. The highest BCUT2D eigenvalue weighted by molar-refractivity contribution is 7.89. The van der Waals surface area contributed by atoms with Crippen molar-refractivity contribution in [2.45, 2.75) is 11.8 Å². The van der Waals surface area contributed by atoms with Crippen LogP contribution < -0.4 is 4.72 Å². The van der Waals surface area contributed by atoms with E-state index in [9.17, 15) is 8.42 Å². The van der Waals surface area contributed by atoms with Gasteiger partial charge in [-0.15, -0.1) is 0 Å². The lowest BCUT2D eigenvalue weighted by Crippen LogP contribution is -2.22. The van der Waals surface area contributed by atoms with E-state index in [0.717, 1.165) is 0 Å². The molecule has 0 amide bonds. The van der Waals surface area contributed by atoms with Gasteiger partial charge >= 0.3 is 0 Å². The minimum atomic E-state index is -3.50. The number of phenols is 1. The Morgan fingerprint density at radius 3 is 2.64 bits per heavy atom. The lowest BCUT2D eigenvalue weighted by Gasteiger charge is -2.05. The summed E-state index contributed by atoms with van der Waals surface area (Å²) in [5, 5.41) is 9.11. The highest BCUT2D eigenvalue weighted by atomic mass is 35.5. The summed E-state index contributed by atoms with van der Waals surface area (Å²) in [6.07, 6.45) is 0. The predicted molar refractivity (Wildman–Crippen MR) is 54.0 cm³/mol. The van der Waals surface area contributed by atoms with E-state index in [1.54, 1.807) is 6.92 Å². The van der Waals surface area contributed by atoms with Gasteiger partial charge in [-0.2, -0.15) is 0 Å². The first-order valence-corrected chi connectivity index (χ1v) is 5.81. The molecule has 0 unspecified atom stereocenters. The normalized spacial score (nSPS) is 11.6. The van der Waals surface area contributed by atoms with E-state index in [1.165, 1.54) is 18.2 Å². The fraction of sp³-hybridized carbons (Fsp3) is 0.250. The van der Waals surface area contributed by atoms with Crippen molar-refractivity contribution in [3.8, 4) is 5.75 Å². The van der Waals surface area contributed by atoms with Crippen LogP contribution in [-0.2, 0) is 10.0 Å². The van der Waals surface area contributed by atoms with Crippen LogP contribution in [0.5, 0.6) is 5.75 Å². The standard InChI is InChI=1S/C8H10ClNO3S/c1-2-10-14(12,13)6-3-4-8(11)7(9)5-6/h3-5,10-11H,2H2,1H3. The zero-order valence-electron chi connectivity index (χ0n) is 7.49. The first-order chi connectivity index (χ1) is 6.47. The Morgan fingerprint density at radius 1 is 1.50 bits per heavy atom. The monoisotopic (exact) mass is 235 g/mol. The molecule has 4 nitrogen and oxygen atoms in total. The number of hydrogen-bond acceptors (Lipinski definition) is 3. The molecule has 1 rings (SSSR count). The molecule has 0 spiro atoms.